The summed E-state index contributed by atoms with van der Waals surface area (Å²) < 4.78 is 38.9. The van der Waals surface area contributed by atoms with E-state index >= 15 is 0 Å². The fourth-order valence-corrected chi connectivity index (χ4v) is 4.20. The second-order valence-electron chi connectivity index (χ2n) is 9.79. The number of unbranched alkanes of at least 4 members (excludes halogenated alkanes) is 1. The Morgan fingerprint density at radius 1 is 0.769 bits per heavy atom. The van der Waals surface area contributed by atoms with Crippen LogP contribution in [0, 0.1) is 5.92 Å². The number of hydrogen-bond donors (Lipinski definition) is 0. The summed E-state index contributed by atoms with van der Waals surface area (Å²) in [6.45, 7) is 5.48. The normalized spacial score (nSPS) is 24.4. The SMILES string of the molecule is CC(=O)OCC1OC(OCCCCc2ccc(OCC3CC3)cc2)C(OC(C)=O)C(OC(C)=O)C1OC(C)=O. The predicted octanol–water partition coefficient (Wildman–Crippen LogP) is 2.90. The lowest BCUT2D eigenvalue weighted by molar-refractivity contribution is -0.308. The fourth-order valence-electron chi connectivity index (χ4n) is 4.20. The highest BCUT2D eigenvalue weighted by Crippen LogP contribution is 2.31. The third-order valence-corrected chi connectivity index (χ3v) is 6.20. The molecule has 216 valence electrons. The molecule has 1 heterocycles. The van der Waals surface area contributed by atoms with Crippen molar-refractivity contribution in [2.75, 3.05) is 19.8 Å². The second-order valence-corrected chi connectivity index (χ2v) is 9.79. The molecule has 0 aromatic heterocycles. The van der Waals surface area contributed by atoms with Gasteiger partial charge in [-0.05, 0) is 55.7 Å². The largest absolute Gasteiger partial charge is 0.493 e. The topological polar surface area (TPSA) is 133 Å². The van der Waals surface area contributed by atoms with Crippen molar-refractivity contribution in [2.24, 2.45) is 5.92 Å². The van der Waals surface area contributed by atoms with E-state index < -0.39 is 54.6 Å². The number of ether oxygens (including phenoxy) is 7. The van der Waals surface area contributed by atoms with Crippen LogP contribution in [0.5, 0.6) is 5.75 Å². The minimum absolute atomic E-state index is 0.246. The Morgan fingerprint density at radius 2 is 1.38 bits per heavy atom. The maximum atomic E-state index is 11.9. The van der Waals surface area contributed by atoms with Crippen LogP contribution < -0.4 is 4.74 Å². The van der Waals surface area contributed by atoms with Gasteiger partial charge in [0.25, 0.3) is 0 Å². The molecule has 1 saturated carbocycles. The molecule has 1 aromatic carbocycles. The number of hydrogen-bond acceptors (Lipinski definition) is 11. The first-order valence-corrected chi connectivity index (χ1v) is 13.3. The third-order valence-electron chi connectivity index (χ3n) is 6.20. The Morgan fingerprint density at radius 3 is 1.97 bits per heavy atom. The molecule has 1 aromatic rings. The van der Waals surface area contributed by atoms with Crippen molar-refractivity contribution in [2.45, 2.75) is 90.5 Å². The Kier molecular flexibility index (Phi) is 11.5. The van der Waals surface area contributed by atoms with Gasteiger partial charge >= 0.3 is 23.9 Å². The summed E-state index contributed by atoms with van der Waals surface area (Å²) in [7, 11) is 0. The van der Waals surface area contributed by atoms with Gasteiger partial charge in [0.1, 0.15) is 18.5 Å². The molecule has 5 unspecified atom stereocenters. The molecule has 2 fully saturated rings. The standard InChI is InChI=1S/C28H38O11/c1-17(29)34-16-24-25(36-18(2)30)26(37-19(3)31)27(38-20(4)32)28(39-24)33-14-6-5-7-21-10-12-23(13-11-21)35-15-22-8-9-22/h10-13,22,24-28H,5-9,14-16H2,1-4H3. The number of carbonyl (C=O) groups is 4. The highest BCUT2D eigenvalue weighted by Gasteiger charge is 2.52. The van der Waals surface area contributed by atoms with Crippen molar-refractivity contribution in [3.8, 4) is 5.75 Å². The Bertz CT molecular complexity index is 972. The van der Waals surface area contributed by atoms with Gasteiger partial charge in [-0.2, -0.15) is 0 Å². The zero-order valence-corrected chi connectivity index (χ0v) is 22.9. The number of esters is 4. The van der Waals surface area contributed by atoms with E-state index in [1.807, 2.05) is 24.3 Å². The molecule has 5 atom stereocenters. The molecular weight excluding hydrogens is 512 g/mol. The number of aryl methyl sites for hydroxylation is 1. The lowest BCUT2D eigenvalue weighted by Crippen LogP contribution is -2.63. The monoisotopic (exact) mass is 550 g/mol. The van der Waals surface area contributed by atoms with Gasteiger partial charge in [0.05, 0.1) is 6.61 Å². The minimum atomic E-state index is -1.24. The number of benzene rings is 1. The van der Waals surface area contributed by atoms with Gasteiger partial charge < -0.3 is 33.2 Å². The number of rotatable bonds is 14. The maximum Gasteiger partial charge on any atom is 0.303 e. The van der Waals surface area contributed by atoms with Crippen LogP contribution in [0.4, 0.5) is 0 Å². The van der Waals surface area contributed by atoms with Gasteiger partial charge in [0, 0.05) is 34.3 Å². The zero-order chi connectivity index (χ0) is 28.4. The van der Waals surface area contributed by atoms with Crippen LogP contribution in [0.15, 0.2) is 24.3 Å². The summed E-state index contributed by atoms with van der Waals surface area (Å²) >= 11 is 0. The van der Waals surface area contributed by atoms with Crippen LogP contribution >= 0.6 is 0 Å². The smallest absolute Gasteiger partial charge is 0.303 e. The van der Waals surface area contributed by atoms with Crippen LogP contribution in [0.3, 0.4) is 0 Å². The van der Waals surface area contributed by atoms with E-state index in [1.54, 1.807) is 0 Å². The van der Waals surface area contributed by atoms with Crippen molar-refractivity contribution in [1.29, 1.82) is 0 Å². The summed E-state index contributed by atoms with van der Waals surface area (Å²) in [6, 6.07) is 8.04. The van der Waals surface area contributed by atoms with Crippen LogP contribution in [0.2, 0.25) is 0 Å². The molecule has 3 rings (SSSR count). The fraction of sp³-hybridized carbons (Fsp3) is 0.643. The molecule has 1 aliphatic heterocycles. The van der Waals surface area contributed by atoms with E-state index in [2.05, 4.69) is 0 Å². The van der Waals surface area contributed by atoms with E-state index in [4.69, 9.17) is 33.2 Å². The van der Waals surface area contributed by atoms with Crippen molar-refractivity contribution < 1.29 is 52.3 Å². The van der Waals surface area contributed by atoms with Crippen LogP contribution in [-0.2, 0) is 54.0 Å². The summed E-state index contributed by atoms with van der Waals surface area (Å²) in [5.41, 5.74) is 1.17. The molecule has 1 saturated heterocycles. The molecule has 2 aliphatic rings. The third kappa shape index (κ3) is 10.5. The first-order chi connectivity index (χ1) is 18.6. The summed E-state index contributed by atoms with van der Waals surface area (Å²) in [5.74, 6) is -1.04. The minimum Gasteiger partial charge on any atom is -0.493 e. The lowest BCUT2D eigenvalue weighted by Gasteiger charge is -2.44. The van der Waals surface area contributed by atoms with Gasteiger partial charge in [-0.25, -0.2) is 0 Å². The van der Waals surface area contributed by atoms with Gasteiger partial charge in [0.2, 0.25) is 0 Å². The molecule has 39 heavy (non-hydrogen) atoms. The van der Waals surface area contributed by atoms with E-state index in [-0.39, 0.29) is 13.2 Å². The molecule has 0 bridgehead atoms. The predicted molar refractivity (Wildman–Crippen MR) is 136 cm³/mol. The average molecular weight is 551 g/mol. The van der Waals surface area contributed by atoms with Crippen molar-refractivity contribution in [3.63, 3.8) is 0 Å². The van der Waals surface area contributed by atoms with Crippen LogP contribution in [0.1, 0.15) is 58.9 Å². The molecule has 0 radical (unpaired) electrons. The van der Waals surface area contributed by atoms with Crippen molar-refractivity contribution >= 4 is 23.9 Å². The Balaban J connectivity index is 1.60. The highest BCUT2D eigenvalue weighted by molar-refractivity contribution is 5.68. The first kappa shape index (κ1) is 30.4. The number of carbonyl (C=O) groups excluding carboxylic acids is 4. The summed E-state index contributed by atoms with van der Waals surface area (Å²) in [4.78, 5) is 47.0. The molecule has 0 spiro atoms. The molecular formula is C28H38O11. The van der Waals surface area contributed by atoms with Crippen molar-refractivity contribution in [1.82, 2.24) is 0 Å². The van der Waals surface area contributed by atoms with E-state index in [0.29, 0.717) is 12.3 Å². The van der Waals surface area contributed by atoms with Crippen LogP contribution in [-0.4, -0.2) is 74.4 Å². The highest BCUT2D eigenvalue weighted by atomic mass is 16.7. The van der Waals surface area contributed by atoms with E-state index in [0.717, 1.165) is 25.2 Å². The van der Waals surface area contributed by atoms with Crippen LogP contribution in [0.25, 0.3) is 0 Å². The zero-order valence-electron chi connectivity index (χ0n) is 22.9. The van der Waals surface area contributed by atoms with Gasteiger partial charge in [-0.15, -0.1) is 0 Å². The van der Waals surface area contributed by atoms with Gasteiger partial charge in [0.15, 0.2) is 24.6 Å². The summed E-state index contributed by atoms with van der Waals surface area (Å²) in [5, 5.41) is 0. The Hall–Kier alpha value is -3.18. The van der Waals surface area contributed by atoms with E-state index in [1.165, 1.54) is 46.1 Å². The first-order valence-electron chi connectivity index (χ1n) is 13.3. The quantitative estimate of drug-likeness (QED) is 0.192. The van der Waals surface area contributed by atoms with Gasteiger partial charge in [-0.1, -0.05) is 12.1 Å². The van der Waals surface area contributed by atoms with Gasteiger partial charge in [-0.3, -0.25) is 19.2 Å². The molecule has 1 aliphatic carbocycles. The van der Waals surface area contributed by atoms with Crippen molar-refractivity contribution in [3.05, 3.63) is 29.8 Å². The second kappa shape index (κ2) is 14.8. The summed E-state index contributed by atoms with van der Waals surface area (Å²) in [6.07, 6.45) is -1.05. The van der Waals surface area contributed by atoms with E-state index in [9.17, 15) is 19.2 Å². The molecule has 11 nitrogen and oxygen atoms in total. The molecule has 11 heteroatoms. The maximum absolute atomic E-state index is 11.9. The molecule has 0 N–H and O–H groups in total. The molecule has 0 amide bonds. The Labute approximate surface area is 228 Å². The average Bonchev–Trinajstić information content (AvgIpc) is 3.69. The lowest BCUT2D eigenvalue weighted by atomic mass is 9.98.